The van der Waals surface area contributed by atoms with E-state index in [9.17, 15) is 4.79 Å². The van der Waals surface area contributed by atoms with E-state index in [0.29, 0.717) is 17.8 Å². The lowest BCUT2D eigenvalue weighted by atomic mass is 10.2. The van der Waals surface area contributed by atoms with Crippen LogP contribution in [0.2, 0.25) is 0 Å². The van der Waals surface area contributed by atoms with Crippen molar-refractivity contribution in [2.75, 3.05) is 0 Å². The number of carbonyl (C=O) groups excluding carboxylic acids is 1. The van der Waals surface area contributed by atoms with Crippen molar-refractivity contribution in [1.29, 1.82) is 0 Å². The maximum atomic E-state index is 12.1. The number of pyridine rings is 1. The number of thiazole rings is 1. The van der Waals surface area contributed by atoms with Crippen molar-refractivity contribution in [1.82, 2.24) is 19.7 Å². The van der Waals surface area contributed by atoms with E-state index in [-0.39, 0.29) is 5.91 Å². The zero-order chi connectivity index (χ0) is 12.4. The Bertz CT molecular complexity index is 674. The van der Waals surface area contributed by atoms with Crippen LogP contribution >= 0.6 is 11.3 Å². The molecule has 5 nitrogen and oxygen atoms in total. The highest BCUT2D eigenvalue weighted by molar-refractivity contribution is 7.09. The average Bonchev–Trinajstić information content (AvgIpc) is 3.05. The first kappa shape index (κ1) is 10.9. The Labute approximate surface area is 107 Å². The van der Waals surface area contributed by atoms with Gasteiger partial charge in [0.2, 0.25) is 0 Å². The van der Waals surface area contributed by atoms with Crippen LogP contribution in [0.4, 0.5) is 0 Å². The first-order chi connectivity index (χ1) is 8.84. The second kappa shape index (κ2) is 4.58. The number of aromatic nitrogens is 3. The maximum absolute atomic E-state index is 12.1. The molecule has 1 N–H and O–H groups in total. The highest BCUT2D eigenvalue weighted by atomic mass is 32.1. The van der Waals surface area contributed by atoms with Gasteiger partial charge in [-0.2, -0.15) is 0 Å². The highest BCUT2D eigenvalue weighted by Crippen LogP contribution is 2.09. The summed E-state index contributed by atoms with van der Waals surface area (Å²) < 4.78 is 1.82. The summed E-state index contributed by atoms with van der Waals surface area (Å²) in [6.07, 6.45) is 7.07. The third-order valence-electron chi connectivity index (χ3n) is 2.55. The minimum atomic E-state index is -0.137. The largest absolute Gasteiger partial charge is 0.345 e. The number of amides is 1. The van der Waals surface area contributed by atoms with Crippen molar-refractivity contribution in [3.05, 3.63) is 52.9 Å². The second-order valence-electron chi connectivity index (χ2n) is 3.69. The predicted octanol–water partition coefficient (Wildman–Crippen LogP) is 1.72. The molecule has 0 radical (unpaired) electrons. The van der Waals surface area contributed by atoms with Crippen LogP contribution in [0.25, 0.3) is 5.65 Å². The fourth-order valence-corrected chi connectivity index (χ4v) is 2.27. The number of hydrogen-bond donors (Lipinski definition) is 1. The van der Waals surface area contributed by atoms with Crippen LogP contribution in [0.1, 0.15) is 15.4 Å². The molecule has 0 saturated heterocycles. The van der Waals surface area contributed by atoms with Gasteiger partial charge in [-0.25, -0.2) is 9.97 Å². The normalized spacial score (nSPS) is 10.7. The van der Waals surface area contributed by atoms with E-state index in [4.69, 9.17) is 0 Å². The van der Waals surface area contributed by atoms with Crippen LogP contribution in [-0.2, 0) is 6.54 Å². The average molecular weight is 258 g/mol. The van der Waals surface area contributed by atoms with Crippen LogP contribution < -0.4 is 5.32 Å². The quantitative estimate of drug-likeness (QED) is 0.778. The summed E-state index contributed by atoms with van der Waals surface area (Å²) in [6, 6.07) is 3.59. The SMILES string of the molecule is O=C(NCc1nccs1)c1cccn2ccnc12. The number of nitrogens with one attached hydrogen (secondary N) is 1. The van der Waals surface area contributed by atoms with E-state index in [1.165, 1.54) is 11.3 Å². The van der Waals surface area contributed by atoms with Crippen molar-refractivity contribution < 1.29 is 4.79 Å². The zero-order valence-electron chi connectivity index (χ0n) is 9.41. The monoisotopic (exact) mass is 258 g/mol. The fraction of sp³-hybridized carbons (Fsp3) is 0.0833. The fourth-order valence-electron chi connectivity index (χ4n) is 1.72. The Hall–Kier alpha value is -2.21. The van der Waals surface area contributed by atoms with E-state index < -0.39 is 0 Å². The minimum absolute atomic E-state index is 0.137. The molecule has 1 amide bonds. The summed E-state index contributed by atoms with van der Waals surface area (Å²) in [5, 5.41) is 5.61. The van der Waals surface area contributed by atoms with Gasteiger partial charge in [-0.15, -0.1) is 11.3 Å². The molecule has 0 spiro atoms. The topological polar surface area (TPSA) is 59.3 Å². The predicted molar refractivity (Wildman–Crippen MR) is 68.5 cm³/mol. The van der Waals surface area contributed by atoms with Gasteiger partial charge in [0, 0.05) is 30.2 Å². The Morgan fingerprint density at radius 2 is 2.28 bits per heavy atom. The van der Waals surface area contributed by atoms with Gasteiger partial charge in [0.05, 0.1) is 12.1 Å². The van der Waals surface area contributed by atoms with Crippen molar-refractivity contribution in [2.45, 2.75) is 6.54 Å². The molecule has 18 heavy (non-hydrogen) atoms. The van der Waals surface area contributed by atoms with Crippen molar-refractivity contribution in [3.8, 4) is 0 Å². The lowest BCUT2D eigenvalue weighted by Crippen LogP contribution is -2.23. The molecule has 0 fully saturated rings. The summed E-state index contributed by atoms with van der Waals surface area (Å²) in [4.78, 5) is 20.4. The highest BCUT2D eigenvalue weighted by Gasteiger charge is 2.11. The van der Waals surface area contributed by atoms with E-state index >= 15 is 0 Å². The Morgan fingerprint density at radius 1 is 1.33 bits per heavy atom. The van der Waals surface area contributed by atoms with E-state index in [2.05, 4.69) is 15.3 Å². The van der Waals surface area contributed by atoms with E-state index in [1.807, 2.05) is 28.2 Å². The summed E-state index contributed by atoms with van der Waals surface area (Å²) in [5.74, 6) is -0.137. The molecule has 0 aliphatic rings. The molecule has 0 aliphatic heterocycles. The van der Waals surface area contributed by atoms with Crippen LogP contribution in [0.3, 0.4) is 0 Å². The standard InChI is InChI=1S/C12H10N4OS/c17-12(15-8-10-13-4-7-18-10)9-2-1-5-16-6-3-14-11(9)16/h1-7H,8H2,(H,15,17). The molecular weight excluding hydrogens is 248 g/mol. The lowest BCUT2D eigenvalue weighted by Gasteiger charge is -2.04. The Kier molecular flexibility index (Phi) is 2.77. The van der Waals surface area contributed by atoms with Crippen LogP contribution in [0.5, 0.6) is 0 Å². The summed E-state index contributed by atoms with van der Waals surface area (Å²) >= 11 is 1.52. The summed E-state index contributed by atoms with van der Waals surface area (Å²) in [7, 11) is 0. The van der Waals surface area contributed by atoms with Gasteiger partial charge >= 0.3 is 0 Å². The molecule has 0 saturated carbocycles. The minimum Gasteiger partial charge on any atom is -0.345 e. The molecule has 3 aromatic heterocycles. The van der Waals surface area contributed by atoms with Crippen LogP contribution in [0.15, 0.2) is 42.3 Å². The zero-order valence-corrected chi connectivity index (χ0v) is 10.2. The van der Waals surface area contributed by atoms with Gasteiger partial charge in [-0.3, -0.25) is 4.79 Å². The first-order valence-corrected chi connectivity index (χ1v) is 6.31. The van der Waals surface area contributed by atoms with E-state index in [0.717, 1.165) is 5.01 Å². The molecule has 3 aromatic rings. The van der Waals surface area contributed by atoms with Gasteiger partial charge in [-0.1, -0.05) is 0 Å². The Balaban J connectivity index is 1.81. The molecule has 0 aliphatic carbocycles. The van der Waals surface area contributed by atoms with Crippen LogP contribution in [0, 0.1) is 0 Å². The molecule has 0 aromatic carbocycles. The molecular formula is C12H10N4OS. The summed E-state index contributed by atoms with van der Waals surface area (Å²) in [6.45, 7) is 0.443. The molecule has 3 heterocycles. The van der Waals surface area contributed by atoms with Gasteiger partial charge < -0.3 is 9.72 Å². The number of rotatable bonds is 3. The molecule has 90 valence electrons. The van der Waals surface area contributed by atoms with Gasteiger partial charge in [0.1, 0.15) is 10.7 Å². The molecule has 3 rings (SSSR count). The van der Waals surface area contributed by atoms with Gasteiger partial charge in [-0.05, 0) is 12.1 Å². The van der Waals surface area contributed by atoms with Gasteiger partial charge in [0.15, 0.2) is 0 Å². The van der Waals surface area contributed by atoms with Crippen molar-refractivity contribution in [2.24, 2.45) is 0 Å². The molecule has 6 heteroatoms. The van der Waals surface area contributed by atoms with Crippen LogP contribution in [-0.4, -0.2) is 20.3 Å². The smallest absolute Gasteiger partial charge is 0.255 e. The number of hydrogen-bond acceptors (Lipinski definition) is 4. The Morgan fingerprint density at radius 3 is 3.11 bits per heavy atom. The summed E-state index contributed by atoms with van der Waals surface area (Å²) in [5.41, 5.74) is 1.23. The lowest BCUT2D eigenvalue weighted by molar-refractivity contribution is 0.0952. The second-order valence-corrected chi connectivity index (χ2v) is 4.67. The molecule has 0 atom stereocenters. The third-order valence-corrected chi connectivity index (χ3v) is 3.33. The molecule has 0 unspecified atom stereocenters. The number of carbonyl (C=O) groups is 1. The number of imidazole rings is 1. The number of fused-ring (bicyclic) bond motifs is 1. The van der Waals surface area contributed by atoms with E-state index in [1.54, 1.807) is 18.5 Å². The number of nitrogens with zero attached hydrogens (tertiary/aromatic N) is 3. The van der Waals surface area contributed by atoms with Crippen molar-refractivity contribution >= 4 is 22.9 Å². The first-order valence-electron chi connectivity index (χ1n) is 5.43. The maximum Gasteiger partial charge on any atom is 0.255 e. The molecule has 0 bridgehead atoms. The van der Waals surface area contributed by atoms with Crippen molar-refractivity contribution in [3.63, 3.8) is 0 Å². The van der Waals surface area contributed by atoms with Gasteiger partial charge in [0.25, 0.3) is 5.91 Å². The third kappa shape index (κ3) is 1.98.